The first kappa shape index (κ1) is 12.3. The summed E-state index contributed by atoms with van der Waals surface area (Å²) >= 11 is 3.49. The Labute approximate surface area is 111 Å². The molecule has 0 aliphatic rings. The Bertz CT molecular complexity index is 617. The molecule has 1 aromatic carbocycles. The van der Waals surface area contributed by atoms with Gasteiger partial charge in [0, 0.05) is 21.6 Å². The molecule has 1 nitrogen and oxygen atoms in total. The first-order chi connectivity index (χ1) is 7.96. The van der Waals surface area contributed by atoms with Gasteiger partial charge in [-0.25, -0.2) is 0 Å². The molecular weight excluding hydrogens is 290 g/mol. The maximum absolute atomic E-state index is 4.35. The number of hydrogen-bond acceptors (Lipinski definition) is 1. The summed E-state index contributed by atoms with van der Waals surface area (Å²) in [4.78, 5) is 4.35. The van der Waals surface area contributed by atoms with Crippen molar-refractivity contribution >= 4 is 34.9 Å². The molecule has 2 aromatic rings. The van der Waals surface area contributed by atoms with Crippen molar-refractivity contribution in [2.45, 2.75) is 19.6 Å². The summed E-state index contributed by atoms with van der Waals surface area (Å²) in [7, 11) is -1.33. The van der Waals surface area contributed by atoms with E-state index >= 15 is 0 Å². The number of rotatable bonds is 0. The Kier molecular flexibility index (Phi) is 3.37. The summed E-state index contributed by atoms with van der Waals surface area (Å²) in [5.74, 6) is 3.31. The molecule has 3 heteroatoms. The number of halogens is 1. The zero-order valence-electron chi connectivity index (χ0n) is 10.2. The van der Waals surface area contributed by atoms with Gasteiger partial charge in [-0.1, -0.05) is 41.5 Å². The zero-order chi connectivity index (χ0) is 12.5. The predicted octanol–water partition coefficient (Wildman–Crippen LogP) is 4.23. The van der Waals surface area contributed by atoms with Crippen LogP contribution < -0.4 is 0 Å². The van der Waals surface area contributed by atoms with Gasteiger partial charge in [0.1, 0.15) is 8.07 Å². The lowest BCUT2D eigenvalue weighted by atomic mass is 10.1. The third kappa shape index (κ3) is 3.18. The van der Waals surface area contributed by atoms with Crippen molar-refractivity contribution in [1.29, 1.82) is 0 Å². The lowest BCUT2D eigenvalue weighted by Crippen LogP contribution is -2.16. The van der Waals surface area contributed by atoms with E-state index in [-0.39, 0.29) is 0 Å². The molecule has 0 fully saturated rings. The van der Waals surface area contributed by atoms with Crippen LogP contribution in [0.2, 0.25) is 19.6 Å². The number of aromatic nitrogens is 1. The van der Waals surface area contributed by atoms with Crippen LogP contribution in [-0.4, -0.2) is 13.1 Å². The number of nitrogens with zero attached hydrogens (tertiary/aromatic N) is 1. The second kappa shape index (κ2) is 4.64. The average Bonchev–Trinajstić information content (AvgIpc) is 2.25. The van der Waals surface area contributed by atoms with Crippen LogP contribution >= 0.6 is 15.9 Å². The number of hydrogen-bond donors (Lipinski definition) is 0. The van der Waals surface area contributed by atoms with E-state index in [0.29, 0.717) is 0 Å². The molecule has 0 atom stereocenters. The molecule has 0 saturated heterocycles. The zero-order valence-corrected chi connectivity index (χ0v) is 12.8. The molecule has 86 valence electrons. The van der Waals surface area contributed by atoms with Crippen LogP contribution in [0.4, 0.5) is 0 Å². The van der Waals surface area contributed by atoms with Gasteiger partial charge in [0.25, 0.3) is 0 Å². The Morgan fingerprint density at radius 1 is 1.18 bits per heavy atom. The highest BCUT2D eigenvalue weighted by Crippen LogP contribution is 2.21. The quantitative estimate of drug-likeness (QED) is 0.524. The molecule has 2 rings (SSSR count). The smallest absolute Gasteiger partial charge is 0.129 e. The van der Waals surface area contributed by atoms with Gasteiger partial charge in [-0.2, -0.15) is 0 Å². The fourth-order valence-electron chi connectivity index (χ4n) is 1.48. The highest BCUT2D eigenvalue weighted by Gasteiger charge is 2.08. The molecule has 0 aliphatic heterocycles. The molecule has 1 aromatic heterocycles. The summed E-state index contributed by atoms with van der Waals surface area (Å²) in [5.41, 5.74) is 5.46. The first-order valence-corrected chi connectivity index (χ1v) is 9.82. The molecule has 0 spiro atoms. The number of pyridine rings is 1. The van der Waals surface area contributed by atoms with Crippen LogP contribution in [0.25, 0.3) is 10.9 Å². The van der Waals surface area contributed by atoms with Gasteiger partial charge < -0.3 is 0 Å². The molecular formula is C14H14BrNSi. The molecule has 0 N–H and O–H groups in total. The lowest BCUT2D eigenvalue weighted by Gasteiger charge is -2.04. The van der Waals surface area contributed by atoms with E-state index in [1.54, 1.807) is 0 Å². The summed E-state index contributed by atoms with van der Waals surface area (Å²) < 4.78 is 1.06. The van der Waals surface area contributed by atoms with Gasteiger partial charge in [-0.05, 0) is 24.3 Å². The monoisotopic (exact) mass is 303 g/mol. The summed E-state index contributed by atoms with van der Waals surface area (Å²) in [6.07, 6.45) is 1.82. The van der Waals surface area contributed by atoms with Gasteiger partial charge in [0.15, 0.2) is 0 Å². The van der Waals surface area contributed by atoms with Gasteiger partial charge >= 0.3 is 0 Å². The molecule has 17 heavy (non-hydrogen) atoms. The van der Waals surface area contributed by atoms with Crippen molar-refractivity contribution in [2.75, 3.05) is 0 Å². The number of benzene rings is 1. The highest BCUT2D eigenvalue weighted by molar-refractivity contribution is 9.10. The van der Waals surface area contributed by atoms with Gasteiger partial charge in [0.2, 0.25) is 0 Å². The van der Waals surface area contributed by atoms with Crippen molar-refractivity contribution in [2.24, 2.45) is 0 Å². The summed E-state index contributed by atoms with van der Waals surface area (Å²) in [5, 5.41) is 1.12. The van der Waals surface area contributed by atoms with Crippen molar-refractivity contribution in [1.82, 2.24) is 4.98 Å². The molecule has 0 bridgehead atoms. The molecule has 1 heterocycles. The molecule has 0 aliphatic carbocycles. The minimum Gasteiger partial charge on any atom is -0.256 e. The standard InChI is InChI=1S/C14H14BrNSi/c1-17(2,3)9-7-11-6-8-16-14-5-4-12(15)10-13(11)14/h4-6,8,10H,1-3H3. The van der Waals surface area contributed by atoms with Crippen molar-refractivity contribution in [3.8, 4) is 11.5 Å². The fraction of sp³-hybridized carbons (Fsp3) is 0.214. The van der Waals surface area contributed by atoms with Gasteiger partial charge in [0.05, 0.1) is 5.52 Å². The van der Waals surface area contributed by atoms with Gasteiger partial charge in [-0.3, -0.25) is 4.98 Å². The van der Waals surface area contributed by atoms with Crippen LogP contribution in [0, 0.1) is 11.5 Å². The normalized spacial score (nSPS) is 11.1. The fourth-order valence-corrected chi connectivity index (χ4v) is 2.35. The van der Waals surface area contributed by atoms with Crippen molar-refractivity contribution in [3.63, 3.8) is 0 Å². The van der Waals surface area contributed by atoms with Gasteiger partial charge in [-0.15, -0.1) is 5.54 Å². The summed E-state index contributed by atoms with van der Waals surface area (Å²) in [6.45, 7) is 6.75. The largest absolute Gasteiger partial charge is 0.256 e. The molecule has 0 amide bonds. The van der Waals surface area contributed by atoms with Crippen LogP contribution in [0.3, 0.4) is 0 Å². The SMILES string of the molecule is C[Si](C)(C)C#Cc1ccnc2ccc(Br)cc12. The van der Waals surface area contributed by atoms with E-state index in [4.69, 9.17) is 0 Å². The lowest BCUT2D eigenvalue weighted by molar-refractivity contribution is 1.40. The van der Waals surface area contributed by atoms with E-state index in [9.17, 15) is 0 Å². The first-order valence-electron chi connectivity index (χ1n) is 5.53. The Morgan fingerprint density at radius 2 is 1.94 bits per heavy atom. The predicted molar refractivity (Wildman–Crippen MR) is 79.7 cm³/mol. The molecule has 0 saturated carbocycles. The van der Waals surface area contributed by atoms with Crippen molar-refractivity contribution in [3.05, 3.63) is 40.5 Å². The van der Waals surface area contributed by atoms with Crippen molar-refractivity contribution < 1.29 is 0 Å². The second-order valence-corrected chi connectivity index (χ2v) is 10.7. The second-order valence-electron chi connectivity index (χ2n) is 5.02. The summed E-state index contributed by atoms with van der Waals surface area (Å²) in [6, 6.07) is 8.09. The van der Waals surface area contributed by atoms with Crippen LogP contribution in [0.1, 0.15) is 5.56 Å². The Morgan fingerprint density at radius 3 is 2.65 bits per heavy atom. The maximum atomic E-state index is 4.35. The van der Waals surface area contributed by atoms with E-state index in [1.807, 2.05) is 24.4 Å². The number of fused-ring (bicyclic) bond motifs is 1. The molecule has 0 unspecified atom stereocenters. The van der Waals surface area contributed by atoms with E-state index in [2.05, 4.69) is 58.1 Å². The van der Waals surface area contributed by atoms with E-state index in [1.165, 1.54) is 0 Å². The van der Waals surface area contributed by atoms with E-state index < -0.39 is 8.07 Å². The topological polar surface area (TPSA) is 12.9 Å². The Balaban J connectivity index is 2.61. The van der Waals surface area contributed by atoms with Crippen LogP contribution in [-0.2, 0) is 0 Å². The maximum Gasteiger partial charge on any atom is 0.129 e. The van der Waals surface area contributed by atoms with Crippen LogP contribution in [0.15, 0.2) is 34.9 Å². The van der Waals surface area contributed by atoms with Crippen LogP contribution in [0.5, 0.6) is 0 Å². The minimum absolute atomic E-state index is 0.996. The average molecular weight is 304 g/mol. The third-order valence-corrected chi connectivity index (χ3v) is 3.64. The highest BCUT2D eigenvalue weighted by atomic mass is 79.9. The minimum atomic E-state index is -1.33. The third-order valence-electron chi connectivity index (χ3n) is 2.28. The molecule has 0 radical (unpaired) electrons. The Hall–Kier alpha value is -1.11. The van der Waals surface area contributed by atoms with E-state index in [0.717, 1.165) is 20.9 Å².